The van der Waals surface area contributed by atoms with Gasteiger partial charge in [-0.1, -0.05) is 49.6 Å². The van der Waals surface area contributed by atoms with Crippen molar-refractivity contribution < 1.29 is 15.0 Å². The molecule has 0 aromatic heterocycles. The van der Waals surface area contributed by atoms with Crippen molar-refractivity contribution in [2.45, 2.75) is 44.1 Å². The average Bonchev–Trinajstić information content (AvgIpc) is 3.00. The number of carbonyl (C=O) groups is 1. The van der Waals surface area contributed by atoms with Gasteiger partial charge in [0, 0.05) is 31.5 Å². The lowest BCUT2D eigenvalue weighted by molar-refractivity contribution is -0.145. The van der Waals surface area contributed by atoms with E-state index in [1.807, 2.05) is 18.2 Å². The van der Waals surface area contributed by atoms with Gasteiger partial charge in [0.1, 0.15) is 6.04 Å². The van der Waals surface area contributed by atoms with Crippen molar-refractivity contribution in [2.75, 3.05) is 19.7 Å². The molecule has 3 unspecified atom stereocenters. The molecule has 1 aliphatic heterocycles. The molecule has 1 heterocycles. The summed E-state index contributed by atoms with van der Waals surface area (Å²) < 4.78 is 0. The van der Waals surface area contributed by atoms with Crippen molar-refractivity contribution >= 4 is 5.97 Å². The van der Waals surface area contributed by atoms with Crippen LogP contribution in [-0.2, 0) is 4.79 Å². The molecule has 2 N–H and O–H groups in total. The van der Waals surface area contributed by atoms with Gasteiger partial charge in [-0.05, 0) is 24.3 Å². The maximum atomic E-state index is 11.9. The first kappa shape index (κ1) is 16.5. The van der Waals surface area contributed by atoms with Gasteiger partial charge in [0.15, 0.2) is 0 Å². The summed E-state index contributed by atoms with van der Waals surface area (Å²) >= 11 is 0. The lowest BCUT2D eigenvalue weighted by Crippen LogP contribution is -2.46. The third kappa shape index (κ3) is 3.59. The van der Waals surface area contributed by atoms with Crippen molar-refractivity contribution in [2.24, 2.45) is 11.8 Å². The highest BCUT2D eigenvalue weighted by atomic mass is 16.4. The Morgan fingerprint density at radius 2 is 1.83 bits per heavy atom. The topological polar surface area (TPSA) is 60.8 Å². The number of hydrogen-bond donors (Lipinski definition) is 2. The van der Waals surface area contributed by atoms with Crippen LogP contribution in [0.5, 0.6) is 0 Å². The average molecular weight is 317 g/mol. The lowest BCUT2D eigenvalue weighted by Gasteiger charge is -2.33. The van der Waals surface area contributed by atoms with Crippen LogP contribution in [0.25, 0.3) is 0 Å². The number of benzene rings is 1. The molecular formula is C19H27NO3. The molecule has 1 saturated heterocycles. The molecular weight excluding hydrogens is 290 g/mol. The fraction of sp³-hybridized carbons (Fsp3) is 0.632. The summed E-state index contributed by atoms with van der Waals surface area (Å²) in [7, 11) is 0. The van der Waals surface area contributed by atoms with Crippen molar-refractivity contribution in [3.05, 3.63) is 35.9 Å². The standard InChI is InChI=1S/C19H27NO3/c21-13-16-11-20(12-17(16)14-7-3-1-4-8-14)18(19(22)23)15-9-5-2-6-10-15/h1,3-4,7-8,15-18,21H,2,5-6,9-13H2,(H,22,23). The van der Waals surface area contributed by atoms with Crippen LogP contribution in [0, 0.1) is 11.8 Å². The minimum Gasteiger partial charge on any atom is -0.480 e. The molecule has 4 heteroatoms. The normalized spacial score (nSPS) is 27.9. The zero-order chi connectivity index (χ0) is 16.2. The van der Waals surface area contributed by atoms with Crippen LogP contribution in [0.3, 0.4) is 0 Å². The Kier molecular flexibility index (Phi) is 5.34. The first-order valence-electron chi connectivity index (χ1n) is 8.83. The minimum atomic E-state index is -0.692. The van der Waals surface area contributed by atoms with Gasteiger partial charge in [-0.3, -0.25) is 9.69 Å². The molecule has 2 aliphatic rings. The molecule has 4 nitrogen and oxygen atoms in total. The molecule has 3 rings (SSSR count). The van der Waals surface area contributed by atoms with Gasteiger partial charge in [-0.2, -0.15) is 0 Å². The Hall–Kier alpha value is -1.39. The number of aliphatic hydroxyl groups is 1. The summed E-state index contributed by atoms with van der Waals surface area (Å²) in [5.74, 6) is -0.0769. The van der Waals surface area contributed by atoms with Crippen LogP contribution in [-0.4, -0.2) is 46.8 Å². The van der Waals surface area contributed by atoms with E-state index < -0.39 is 12.0 Å². The highest BCUT2D eigenvalue weighted by Crippen LogP contribution is 2.37. The zero-order valence-corrected chi connectivity index (χ0v) is 13.6. The predicted octanol–water partition coefficient (Wildman–Crippen LogP) is 2.73. The van der Waals surface area contributed by atoms with E-state index in [1.54, 1.807) is 0 Å². The molecule has 23 heavy (non-hydrogen) atoms. The van der Waals surface area contributed by atoms with Gasteiger partial charge in [0.05, 0.1) is 0 Å². The second-order valence-electron chi connectivity index (χ2n) is 7.09. The molecule has 1 aromatic rings. The fourth-order valence-electron chi connectivity index (χ4n) is 4.50. The largest absolute Gasteiger partial charge is 0.480 e. The zero-order valence-electron chi connectivity index (χ0n) is 13.6. The van der Waals surface area contributed by atoms with Gasteiger partial charge in [0.2, 0.25) is 0 Å². The molecule has 0 amide bonds. The monoisotopic (exact) mass is 317 g/mol. The molecule has 3 atom stereocenters. The molecule has 0 spiro atoms. The van der Waals surface area contributed by atoms with Crippen LogP contribution in [0.1, 0.15) is 43.6 Å². The van der Waals surface area contributed by atoms with E-state index in [9.17, 15) is 15.0 Å². The van der Waals surface area contributed by atoms with E-state index >= 15 is 0 Å². The Morgan fingerprint density at radius 3 is 2.43 bits per heavy atom. The Labute approximate surface area is 138 Å². The molecule has 1 saturated carbocycles. The number of carboxylic acid groups (broad SMARTS) is 1. The summed E-state index contributed by atoms with van der Waals surface area (Å²) in [5, 5.41) is 19.6. The molecule has 1 aromatic carbocycles. The van der Waals surface area contributed by atoms with E-state index in [4.69, 9.17) is 0 Å². The van der Waals surface area contributed by atoms with E-state index in [0.717, 1.165) is 32.2 Å². The Balaban J connectivity index is 1.77. The Morgan fingerprint density at radius 1 is 1.13 bits per heavy atom. The quantitative estimate of drug-likeness (QED) is 0.876. The van der Waals surface area contributed by atoms with Crippen molar-refractivity contribution in [3.8, 4) is 0 Å². The number of likely N-dealkylation sites (tertiary alicyclic amines) is 1. The van der Waals surface area contributed by atoms with Crippen LogP contribution in [0.15, 0.2) is 30.3 Å². The summed E-state index contributed by atoms with van der Waals surface area (Å²) in [4.78, 5) is 14.0. The first-order chi connectivity index (χ1) is 11.2. The maximum Gasteiger partial charge on any atom is 0.321 e. The van der Waals surface area contributed by atoms with Crippen LogP contribution in [0.2, 0.25) is 0 Å². The highest BCUT2D eigenvalue weighted by molar-refractivity contribution is 5.74. The molecule has 0 radical (unpaired) electrons. The van der Waals surface area contributed by atoms with E-state index in [0.29, 0.717) is 6.54 Å². The van der Waals surface area contributed by atoms with Gasteiger partial charge in [-0.25, -0.2) is 0 Å². The summed E-state index contributed by atoms with van der Waals surface area (Å²) in [6.07, 6.45) is 5.57. The first-order valence-corrected chi connectivity index (χ1v) is 8.83. The van der Waals surface area contributed by atoms with Crippen molar-refractivity contribution in [1.82, 2.24) is 4.90 Å². The number of carboxylic acids is 1. The highest BCUT2D eigenvalue weighted by Gasteiger charge is 2.42. The number of nitrogens with zero attached hydrogens (tertiary/aromatic N) is 1. The fourth-order valence-corrected chi connectivity index (χ4v) is 4.50. The maximum absolute atomic E-state index is 11.9. The van der Waals surface area contributed by atoms with E-state index in [-0.39, 0.29) is 24.4 Å². The molecule has 0 bridgehead atoms. The van der Waals surface area contributed by atoms with Crippen molar-refractivity contribution in [1.29, 1.82) is 0 Å². The second-order valence-corrected chi connectivity index (χ2v) is 7.09. The van der Waals surface area contributed by atoms with E-state index in [2.05, 4.69) is 17.0 Å². The molecule has 1 aliphatic carbocycles. The second kappa shape index (κ2) is 7.45. The van der Waals surface area contributed by atoms with Gasteiger partial charge in [-0.15, -0.1) is 0 Å². The summed E-state index contributed by atoms with van der Waals surface area (Å²) in [6, 6.07) is 9.81. The third-order valence-corrected chi connectivity index (χ3v) is 5.67. The van der Waals surface area contributed by atoms with Gasteiger partial charge >= 0.3 is 5.97 Å². The third-order valence-electron chi connectivity index (χ3n) is 5.67. The number of aliphatic hydroxyl groups excluding tert-OH is 1. The van der Waals surface area contributed by atoms with Gasteiger partial charge in [0.25, 0.3) is 0 Å². The predicted molar refractivity (Wildman–Crippen MR) is 89.3 cm³/mol. The van der Waals surface area contributed by atoms with Crippen molar-refractivity contribution in [3.63, 3.8) is 0 Å². The smallest absolute Gasteiger partial charge is 0.321 e. The van der Waals surface area contributed by atoms with E-state index in [1.165, 1.54) is 12.0 Å². The van der Waals surface area contributed by atoms with Crippen LogP contribution in [0.4, 0.5) is 0 Å². The molecule has 126 valence electrons. The minimum absolute atomic E-state index is 0.118. The number of aliphatic carboxylic acids is 1. The van der Waals surface area contributed by atoms with Crippen LogP contribution >= 0.6 is 0 Å². The Bertz CT molecular complexity index is 513. The SMILES string of the molecule is O=C(O)C(C1CCCCC1)N1CC(CO)C(c2ccccc2)C1. The lowest BCUT2D eigenvalue weighted by atomic mass is 9.83. The summed E-state index contributed by atoms with van der Waals surface area (Å²) in [5.41, 5.74) is 1.21. The molecule has 2 fully saturated rings. The van der Waals surface area contributed by atoms with Gasteiger partial charge < -0.3 is 10.2 Å². The summed E-state index contributed by atoms with van der Waals surface area (Å²) in [6.45, 7) is 1.54. The number of rotatable bonds is 5. The number of hydrogen-bond acceptors (Lipinski definition) is 3. The van der Waals surface area contributed by atoms with Crippen LogP contribution < -0.4 is 0 Å².